The van der Waals surface area contributed by atoms with Crippen LogP contribution in [0.3, 0.4) is 0 Å². The molecule has 0 spiro atoms. The third kappa shape index (κ3) is 4.59. The molecule has 10 heteroatoms. The molecule has 1 aliphatic heterocycles. The molecule has 0 saturated carbocycles. The number of fused-ring (bicyclic) bond motifs is 2. The summed E-state index contributed by atoms with van der Waals surface area (Å²) in [5, 5.41) is 11.5. The van der Waals surface area contributed by atoms with Crippen LogP contribution in [-0.2, 0) is 34.2 Å². The van der Waals surface area contributed by atoms with Gasteiger partial charge < -0.3 is 9.64 Å². The van der Waals surface area contributed by atoms with Crippen LogP contribution in [0.2, 0.25) is 0 Å². The number of esters is 1. The number of aryl methyl sites for hydroxylation is 2. The van der Waals surface area contributed by atoms with Gasteiger partial charge in [0, 0.05) is 37.8 Å². The Morgan fingerprint density at radius 2 is 2.00 bits per heavy atom. The van der Waals surface area contributed by atoms with E-state index in [1.165, 1.54) is 21.6 Å². The molecule has 1 aromatic heterocycles. The van der Waals surface area contributed by atoms with Crippen molar-refractivity contribution in [1.29, 1.82) is 0 Å². The molecule has 1 aliphatic rings. The Morgan fingerprint density at radius 3 is 2.79 bits per heavy atom. The van der Waals surface area contributed by atoms with Crippen LogP contribution in [0.15, 0.2) is 47.3 Å². The molecule has 0 fully saturated rings. The van der Waals surface area contributed by atoms with E-state index in [4.69, 9.17) is 4.74 Å². The number of carbonyl (C=O) groups is 2. The lowest BCUT2D eigenvalue weighted by atomic mass is 10.0. The summed E-state index contributed by atoms with van der Waals surface area (Å²) in [6.07, 6.45) is 1.46. The van der Waals surface area contributed by atoms with Crippen LogP contribution >= 0.6 is 0 Å². The number of amides is 1. The second-order valence-corrected chi connectivity index (χ2v) is 7.79. The van der Waals surface area contributed by atoms with Crippen molar-refractivity contribution in [3.8, 4) is 0 Å². The molecule has 0 atom stereocenters. The van der Waals surface area contributed by atoms with Gasteiger partial charge in [0.2, 0.25) is 0 Å². The van der Waals surface area contributed by atoms with Gasteiger partial charge >= 0.3 is 5.97 Å². The average Bonchev–Trinajstić information content (AvgIpc) is 2.83. The van der Waals surface area contributed by atoms with Crippen molar-refractivity contribution in [3.05, 3.63) is 74.3 Å². The zero-order chi connectivity index (χ0) is 23.5. The first-order chi connectivity index (χ1) is 15.8. The maximum Gasteiger partial charge on any atom is 0.306 e. The monoisotopic (exact) mass is 450 g/mol. The fourth-order valence-electron chi connectivity index (χ4n) is 3.95. The van der Waals surface area contributed by atoms with Gasteiger partial charge in [-0.2, -0.15) is 0 Å². The largest absolute Gasteiger partial charge is 0.456 e. The van der Waals surface area contributed by atoms with E-state index < -0.39 is 23.4 Å². The topological polar surface area (TPSA) is 125 Å². The summed E-state index contributed by atoms with van der Waals surface area (Å²) in [6.45, 7) is 0.0175. The number of nitro benzene ring substituents is 1. The summed E-state index contributed by atoms with van der Waals surface area (Å²) in [5.74, 6) is -0.519. The number of hydrogen-bond donors (Lipinski definition) is 0. The quantitative estimate of drug-likeness (QED) is 0.320. The van der Waals surface area contributed by atoms with Crippen LogP contribution in [0.25, 0.3) is 10.9 Å². The third-order valence-electron chi connectivity index (χ3n) is 5.68. The Bertz CT molecular complexity index is 1320. The number of benzene rings is 2. The highest BCUT2D eigenvalue weighted by Gasteiger charge is 2.25. The summed E-state index contributed by atoms with van der Waals surface area (Å²) < 4.78 is 6.57. The van der Waals surface area contributed by atoms with E-state index >= 15 is 0 Å². The molecule has 3 aromatic rings. The molecule has 0 radical (unpaired) electrons. The van der Waals surface area contributed by atoms with Gasteiger partial charge in [0.25, 0.3) is 17.2 Å². The number of non-ortho nitro benzene ring substituents is 1. The number of rotatable bonds is 6. The van der Waals surface area contributed by atoms with Crippen molar-refractivity contribution in [2.45, 2.75) is 25.7 Å². The number of ether oxygens (including phenoxy) is 1. The fourth-order valence-corrected chi connectivity index (χ4v) is 3.95. The molecule has 33 heavy (non-hydrogen) atoms. The normalized spacial score (nSPS) is 12.9. The molecule has 0 aliphatic carbocycles. The Morgan fingerprint density at radius 1 is 1.21 bits per heavy atom. The Labute approximate surface area is 188 Å². The minimum absolute atomic E-state index is 0.0221. The minimum atomic E-state index is -0.577. The van der Waals surface area contributed by atoms with Gasteiger partial charge in [0.1, 0.15) is 5.82 Å². The number of anilines is 1. The van der Waals surface area contributed by atoms with Crippen LogP contribution in [0.1, 0.15) is 24.2 Å². The molecule has 0 unspecified atom stereocenters. The van der Waals surface area contributed by atoms with Crippen molar-refractivity contribution < 1.29 is 19.2 Å². The number of nitrogens with zero attached hydrogens (tertiary/aromatic N) is 4. The first-order valence-corrected chi connectivity index (χ1v) is 10.5. The van der Waals surface area contributed by atoms with E-state index in [0.29, 0.717) is 41.8 Å². The predicted octanol–water partition coefficient (Wildman–Crippen LogP) is 2.30. The smallest absolute Gasteiger partial charge is 0.306 e. The highest BCUT2D eigenvalue weighted by Crippen LogP contribution is 2.30. The highest BCUT2D eigenvalue weighted by molar-refractivity contribution is 5.96. The number of carbonyl (C=O) groups excluding carboxylic acids is 2. The van der Waals surface area contributed by atoms with Crippen LogP contribution < -0.4 is 10.5 Å². The minimum Gasteiger partial charge on any atom is -0.456 e. The first-order valence-electron chi connectivity index (χ1n) is 10.5. The van der Waals surface area contributed by atoms with E-state index in [1.807, 2.05) is 0 Å². The van der Waals surface area contributed by atoms with Gasteiger partial charge in [0.05, 0.1) is 22.2 Å². The molecule has 2 aromatic carbocycles. The van der Waals surface area contributed by atoms with Gasteiger partial charge in [-0.15, -0.1) is 0 Å². The Kier molecular flexibility index (Phi) is 6.16. The van der Waals surface area contributed by atoms with Crippen LogP contribution in [0.4, 0.5) is 11.4 Å². The van der Waals surface area contributed by atoms with Crippen LogP contribution in [0.5, 0.6) is 0 Å². The summed E-state index contributed by atoms with van der Waals surface area (Å²) in [7, 11) is 1.60. The molecule has 0 N–H and O–H groups in total. The standard InChI is InChI=1S/C23H22N4O6/c1-25-20(24-18-7-3-2-6-17(18)23(25)30)10-11-22(29)33-14-21(28)26-12-4-5-15-13-16(27(31)32)8-9-19(15)26/h2-3,6-9,13H,4-5,10-12,14H2,1H3. The van der Waals surface area contributed by atoms with Crippen molar-refractivity contribution in [1.82, 2.24) is 9.55 Å². The number of aromatic nitrogens is 2. The molecule has 4 rings (SSSR count). The number of para-hydroxylation sites is 1. The molecule has 1 amide bonds. The number of hydrogen-bond acceptors (Lipinski definition) is 7. The van der Waals surface area contributed by atoms with Gasteiger partial charge in [-0.25, -0.2) is 4.98 Å². The summed E-state index contributed by atoms with van der Waals surface area (Å²) in [4.78, 5) is 53.8. The summed E-state index contributed by atoms with van der Waals surface area (Å²) >= 11 is 0. The molecule has 0 bridgehead atoms. The lowest BCUT2D eigenvalue weighted by Gasteiger charge is -2.29. The second-order valence-electron chi connectivity index (χ2n) is 7.79. The third-order valence-corrected chi connectivity index (χ3v) is 5.68. The molecule has 2 heterocycles. The van der Waals surface area contributed by atoms with Gasteiger partial charge in [-0.1, -0.05) is 12.1 Å². The second kappa shape index (κ2) is 9.19. The van der Waals surface area contributed by atoms with E-state index in [0.717, 1.165) is 5.56 Å². The summed E-state index contributed by atoms with van der Waals surface area (Å²) in [5.41, 5.74) is 1.67. The van der Waals surface area contributed by atoms with Crippen molar-refractivity contribution in [2.75, 3.05) is 18.1 Å². The average molecular weight is 450 g/mol. The molecular formula is C23H22N4O6. The first kappa shape index (κ1) is 22.1. The van der Waals surface area contributed by atoms with Crippen LogP contribution in [0, 0.1) is 10.1 Å². The zero-order valence-corrected chi connectivity index (χ0v) is 18.0. The SMILES string of the molecule is Cn1c(CCC(=O)OCC(=O)N2CCCc3cc([N+](=O)[O-])ccc32)nc2ccccc2c1=O. The van der Waals surface area contributed by atoms with Crippen LogP contribution in [-0.4, -0.2) is 39.5 Å². The van der Waals surface area contributed by atoms with E-state index in [9.17, 15) is 24.5 Å². The number of nitro groups is 1. The maximum atomic E-state index is 12.7. The van der Waals surface area contributed by atoms with E-state index in [-0.39, 0.29) is 24.1 Å². The highest BCUT2D eigenvalue weighted by atomic mass is 16.6. The van der Waals surface area contributed by atoms with Gasteiger partial charge in [0.15, 0.2) is 6.61 Å². The van der Waals surface area contributed by atoms with Gasteiger partial charge in [-0.05, 0) is 36.6 Å². The predicted molar refractivity (Wildman–Crippen MR) is 120 cm³/mol. The van der Waals surface area contributed by atoms with Crippen molar-refractivity contribution in [3.63, 3.8) is 0 Å². The Hall–Kier alpha value is -4.08. The molecule has 10 nitrogen and oxygen atoms in total. The molecule has 170 valence electrons. The van der Waals surface area contributed by atoms with E-state index in [2.05, 4.69) is 4.98 Å². The molecular weight excluding hydrogens is 428 g/mol. The molecule has 0 saturated heterocycles. The lowest BCUT2D eigenvalue weighted by Crippen LogP contribution is -2.38. The summed E-state index contributed by atoms with van der Waals surface area (Å²) in [6, 6.07) is 11.4. The lowest BCUT2D eigenvalue weighted by molar-refractivity contribution is -0.384. The van der Waals surface area contributed by atoms with E-state index in [1.54, 1.807) is 37.4 Å². The Balaban J connectivity index is 1.37. The van der Waals surface area contributed by atoms with Crippen molar-refractivity contribution in [2.24, 2.45) is 7.05 Å². The maximum absolute atomic E-state index is 12.7. The fraction of sp³-hybridized carbons (Fsp3) is 0.304. The van der Waals surface area contributed by atoms with Crippen molar-refractivity contribution >= 4 is 34.2 Å². The van der Waals surface area contributed by atoms with Gasteiger partial charge in [-0.3, -0.25) is 29.1 Å². The zero-order valence-electron chi connectivity index (χ0n) is 18.0.